The minimum absolute atomic E-state index is 0.0286. The van der Waals surface area contributed by atoms with Gasteiger partial charge in [-0.1, -0.05) is 19.1 Å². The molecule has 4 aromatic rings. The normalized spacial score (nSPS) is 13.6. The summed E-state index contributed by atoms with van der Waals surface area (Å²) in [4.78, 5) is 34.6. The van der Waals surface area contributed by atoms with Crippen LogP contribution in [-0.2, 0) is 11.3 Å². The molecule has 0 spiro atoms. The quantitative estimate of drug-likeness (QED) is 0.128. The van der Waals surface area contributed by atoms with Crippen molar-refractivity contribution in [1.29, 1.82) is 5.26 Å². The highest BCUT2D eigenvalue weighted by molar-refractivity contribution is 5.96. The number of carbonyl (C=O) groups excluding carboxylic acids is 1. The molecule has 0 unspecified atom stereocenters. The van der Waals surface area contributed by atoms with E-state index in [1.807, 2.05) is 103 Å². The fourth-order valence-corrected chi connectivity index (χ4v) is 5.45. The van der Waals surface area contributed by atoms with E-state index in [-0.39, 0.29) is 11.9 Å². The number of aliphatic imine (C=N–C) groups is 1. The number of piperazine rings is 1. The molecule has 0 atom stereocenters. The Balaban J connectivity index is 1.24. The summed E-state index contributed by atoms with van der Waals surface area (Å²) in [5, 5.41) is 14.8. The largest absolute Gasteiger partial charge is 0.494 e. The van der Waals surface area contributed by atoms with E-state index < -0.39 is 0 Å². The summed E-state index contributed by atoms with van der Waals surface area (Å²) in [5.74, 6) is 1.62. The average Bonchev–Trinajstić information content (AvgIpc) is 3.50. The first-order valence-corrected chi connectivity index (χ1v) is 16.0. The molecule has 246 valence electrons. The fourth-order valence-electron chi connectivity index (χ4n) is 5.45. The van der Waals surface area contributed by atoms with Crippen LogP contribution in [0.4, 0.5) is 11.5 Å². The molecule has 2 aromatic carbocycles. The number of hydrogen-bond acceptors (Lipinski definition) is 10. The summed E-state index contributed by atoms with van der Waals surface area (Å²) >= 11 is 0. The van der Waals surface area contributed by atoms with Crippen LogP contribution in [0.1, 0.15) is 36.2 Å². The zero-order valence-corrected chi connectivity index (χ0v) is 27.5. The maximum Gasteiger partial charge on any atom is 0.307 e. The Bertz CT molecular complexity index is 1710. The minimum atomic E-state index is -0.0286. The molecule has 0 saturated carbocycles. The highest BCUT2D eigenvalue weighted by atomic mass is 16.5. The summed E-state index contributed by atoms with van der Waals surface area (Å²) in [7, 11) is 3.97. The molecule has 1 fully saturated rings. The van der Waals surface area contributed by atoms with Gasteiger partial charge >= 0.3 is 6.02 Å². The second kappa shape index (κ2) is 15.9. The van der Waals surface area contributed by atoms with Gasteiger partial charge in [0.1, 0.15) is 17.9 Å². The lowest BCUT2D eigenvalue weighted by Crippen LogP contribution is -2.49. The number of aromatic nitrogens is 4. The van der Waals surface area contributed by atoms with Crippen molar-refractivity contribution in [2.45, 2.75) is 26.8 Å². The molecule has 0 radical (unpaired) electrons. The van der Waals surface area contributed by atoms with Gasteiger partial charge in [-0.25, -0.2) is 14.6 Å². The Morgan fingerprint density at radius 1 is 1.04 bits per heavy atom. The molecule has 1 saturated heterocycles. The predicted octanol–water partition coefficient (Wildman–Crippen LogP) is 3.87. The van der Waals surface area contributed by atoms with Crippen molar-refractivity contribution in [3.8, 4) is 11.9 Å². The van der Waals surface area contributed by atoms with Gasteiger partial charge in [-0.15, -0.1) is 4.99 Å². The van der Waals surface area contributed by atoms with Crippen LogP contribution in [0.25, 0.3) is 11.0 Å². The molecule has 0 N–H and O–H groups in total. The standard InChI is InChI=1S/C34H42N10O3/c1-5-20-47-34(36-24-35)43(19-14-40(3)4)28-12-10-27(11-13-28)33(45)42-17-15-41(16-18-42)31-30-22-39-44(32(30)38-25-37-31)23-26-8-7-9-29(21-26)46-6-2/h7-13,21-22,25H,5-6,14-20,23H2,1-4H3. The third kappa shape index (κ3) is 8.14. The first kappa shape index (κ1) is 33.2. The van der Waals surface area contributed by atoms with Gasteiger partial charge < -0.3 is 24.2 Å². The van der Waals surface area contributed by atoms with E-state index in [0.717, 1.165) is 46.8 Å². The van der Waals surface area contributed by atoms with Crippen LogP contribution in [0, 0.1) is 11.5 Å². The van der Waals surface area contributed by atoms with Gasteiger partial charge in [0, 0.05) is 50.5 Å². The second-order valence-electron chi connectivity index (χ2n) is 11.4. The Hall–Kier alpha value is -5.22. The molecule has 1 aliphatic heterocycles. The van der Waals surface area contributed by atoms with Crippen LogP contribution >= 0.6 is 0 Å². The topological polar surface area (TPSA) is 128 Å². The van der Waals surface area contributed by atoms with Crippen molar-refractivity contribution in [3.63, 3.8) is 0 Å². The first-order valence-electron chi connectivity index (χ1n) is 16.0. The molecule has 1 amide bonds. The molecule has 47 heavy (non-hydrogen) atoms. The van der Waals surface area contributed by atoms with Gasteiger partial charge in [0.2, 0.25) is 6.19 Å². The number of likely N-dealkylation sites (N-methyl/N-ethyl adjacent to an activating group) is 1. The van der Waals surface area contributed by atoms with Crippen LogP contribution in [-0.4, -0.2) is 108 Å². The zero-order chi connectivity index (χ0) is 33.2. The lowest BCUT2D eigenvalue weighted by molar-refractivity contribution is 0.0746. The average molecular weight is 639 g/mol. The van der Waals surface area contributed by atoms with Crippen molar-refractivity contribution in [1.82, 2.24) is 29.5 Å². The molecule has 0 bridgehead atoms. The Morgan fingerprint density at radius 2 is 1.83 bits per heavy atom. The molecular formula is C34H42N10O3. The molecule has 5 rings (SSSR count). The van der Waals surface area contributed by atoms with Crippen LogP contribution in [0.3, 0.4) is 0 Å². The number of anilines is 2. The highest BCUT2D eigenvalue weighted by Crippen LogP contribution is 2.25. The van der Waals surface area contributed by atoms with Gasteiger partial charge in [0.25, 0.3) is 5.91 Å². The van der Waals surface area contributed by atoms with Crippen molar-refractivity contribution in [3.05, 3.63) is 72.2 Å². The maximum absolute atomic E-state index is 13.5. The van der Waals surface area contributed by atoms with Gasteiger partial charge in [0.05, 0.1) is 31.3 Å². The van der Waals surface area contributed by atoms with Crippen LogP contribution in [0.15, 0.2) is 66.0 Å². The maximum atomic E-state index is 13.5. The number of rotatable bonds is 12. The van der Waals surface area contributed by atoms with Gasteiger partial charge in [-0.3, -0.25) is 9.69 Å². The van der Waals surface area contributed by atoms with E-state index in [4.69, 9.17) is 9.47 Å². The molecule has 13 heteroatoms. The Labute approximate surface area is 275 Å². The van der Waals surface area contributed by atoms with Crippen LogP contribution in [0.5, 0.6) is 5.75 Å². The zero-order valence-electron chi connectivity index (χ0n) is 27.5. The summed E-state index contributed by atoms with van der Waals surface area (Å²) in [6, 6.07) is 15.7. The summed E-state index contributed by atoms with van der Waals surface area (Å²) in [6.07, 6.45) is 6.04. The number of fused-ring (bicyclic) bond motifs is 1. The van der Waals surface area contributed by atoms with E-state index in [2.05, 4.69) is 29.9 Å². The molecular weight excluding hydrogens is 596 g/mol. The molecule has 2 aromatic heterocycles. The number of ether oxygens (including phenoxy) is 2. The first-order chi connectivity index (χ1) is 22.9. The highest BCUT2D eigenvalue weighted by Gasteiger charge is 2.25. The lowest BCUT2D eigenvalue weighted by atomic mass is 10.1. The lowest BCUT2D eigenvalue weighted by Gasteiger charge is -2.35. The van der Waals surface area contributed by atoms with Crippen molar-refractivity contribution in [2.75, 3.05) is 76.4 Å². The Morgan fingerprint density at radius 3 is 2.53 bits per heavy atom. The van der Waals surface area contributed by atoms with Crippen molar-refractivity contribution in [2.24, 2.45) is 4.99 Å². The third-order valence-electron chi connectivity index (χ3n) is 7.83. The summed E-state index contributed by atoms with van der Waals surface area (Å²) < 4.78 is 13.3. The molecule has 13 nitrogen and oxygen atoms in total. The minimum Gasteiger partial charge on any atom is -0.494 e. The number of nitriles is 1. The summed E-state index contributed by atoms with van der Waals surface area (Å²) in [5.41, 5.74) is 3.23. The number of nitrogens with zero attached hydrogens (tertiary/aromatic N) is 10. The van der Waals surface area contributed by atoms with Crippen LogP contribution in [0.2, 0.25) is 0 Å². The van der Waals surface area contributed by atoms with E-state index in [1.165, 1.54) is 0 Å². The van der Waals surface area contributed by atoms with Crippen molar-refractivity contribution < 1.29 is 14.3 Å². The molecule has 3 heterocycles. The van der Waals surface area contributed by atoms with E-state index in [1.54, 1.807) is 6.33 Å². The third-order valence-corrected chi connectivity index (χ3v) is 7.83. The molecule has 1 aliphatic rings. The van der Waals surface area contributed by atoms with E-state index in [0.29, 0.717) is 58.0 Å². The SMILES string of the molecule is CCCOC(=NC#N)N(CCN(C)C)c1ccc(C(=O)N2CCN(c3ncnc4c3cnn4Cc3cccc(OCC)c3)CC2)cc1. The van der Waals surface area contributed by atoms with Crippen molar-refractivity contribution >= 4 is 34.5 Å². The monoisotopic (exact) mass is 638 g/mol. The predicted molar refractivity (Wildman–Crippen MR) is 182 cm³/mol. The number of amides is 1. The van der Waals surface area contributed by atoms with E-state index in [9.17, 15) is 10.1 Å². The summed E-state index contributed by atoms with van der Waals surface area (Å²) in [6.45, 7) is 9.29. The van der Waals surface area contributed by atoms with E-state index >= 15 is 0 Å². The number of amidine groups is 1. The second-order valence-corrected chi connectivity index (χ2v) is 11.4. The number of carbonyl (C=O) groups is 1. The van der Waals surface area contributed by atoms with Crippen LogP contribution < -0.4 is 14.5 Å². The van der Waals surface area contributed by atoms with Gasteiger partial charge in [0.15, 0.2) is 5.65 Å². The Kier molecular flexibility index (Phi) is 11.2. The fraction of sp³-hybridized carbons (Fsp3) is 0.412. The van der Waals surface area contributed by atoms with Gasteiger partial charge in [-0.2, -0.15) is 10.4 Å². The number of benzene rings is 2. The molecule has 0 aliphatic carbocycles. The smallest absolute Gasteiger partial charge is 0.307 e. The number of hydrogen-bond donors (Lipinski definition) is 0. The van der Waals surface area contributed by atoms with Gasteiger partial charge in [-0.05, 0) is 69.4 Å².